The van der Waals surface area contributed by atoms with Crippen molar-refractivity contribution < 1.29 is 0 Å². The summed E-state index contributed by atoms with van der Waals surface area (Å²) >= 11 is 3.50. The molecule has 0 radical (unpaired) electrons. The SMILES string of the molecule is Brc1ccc2c(c1)nc(N1CCNCC1)c1nncn12. The molecule has 0 atom stereocenters. The van der Waals surface area contributed by atoms with Crippen molar-refractivity contribution in [3.63, 3.8) is 0 Å². The molecule has 1 aliphatic rings. The van der Waals surface area contributed by atoms with E-state index in [9.17, 15) is 0 Å². The first-order chi connectivity index (χ1) is 9.83. The van der Waals surface area contributed by atoms with E-state index in [2.05, 4.69) is 36.3 Å². The van der Waals surface area contributed by atoms with Crippen LogP contribution >= 0.6 is 15.9 Å². The Hall–Kier alpha value is -1.73. The molecule has 1 saturated heterocycles. The standard InChI is InChI=1S/C13H13BrN6/c14-9-1-2-11-10(7-9)17-12(13-18-16-8-20(11)13)19-5-3-15-4-6-19/h1-2,7-8,15H,3-6H2. The Labute approximate surface area is 123 Å². The van der Waals surface area contributed by atoms with E-state index in [1.54, 1.807) is 6.33 Å². The van der Waals surface area contributed by atoms with Crippen LogP contribution in [0.5, 0.6) is 0 Å². The predicted molar refractivity (Wildman–Crippen MR) is 81.1 cm³/mol. The zero-order chi connectivity index (χ0) is 13.5. The van der Waals surface area contributed by atoms with Gasteiger partial charge in [-0.3, -0.25) is 4.40 Å². The number of rotatable bonds is 1. The molecule has 4 rings (SSSR count). The molecule has 0 spiro atoms. The highest BCUT2D eigenvalue weighted by Crippen LogP contribution is 2.25. The monoisotopic (exact) mass is 332 g/mol. The molecule has 0 aliphatic carbocycles. The van der Waals surface area contributed by atoms with Crippen LogP contribution in [0.4, 0.5) is 5.82 Å². The van der Waals surface area contributed by atoms with Gasteiger partial charge in [0.1, 0.15) is 6.33 Å². The lowest BCUT2D eigenvalue weighted by Crippen LogP contribution is -2.44. The highest BCUT2D eigenvalue weighted by Gasteiger charge is 2.18. The molecular formula is C13H13BrN6. The van der Waals surface area contributed by atoms with Gasteiger partial charge in [0.15, 0.2) is 5.82 Å². The van der Waals surface area contributed by atoms with Crippen LogP contribution in [0.3, 0.4) is 0 Å². The summed E-state index contributed by atoms with van der Waals surface area (Å²) < 4.78 is 3.03. The number of nitrogens with one attached hydrogen (secondary N) is 1. The minimum Gasteiger partial charge on any atom is -0.351 e. The molecule has 102 valence electrons. The topological polar surface area (TPSA) is 58.4 Å². The molecule has 7 heteroatoms. The molecule has 3 heterocycles. The highest BCUT2D eigenvalue weighted by molar-refractivity contribution is 9.10. The zero-order valence-electron chi connectivity index (χ0n) is 10.8. The lowest BCUT2D eigenvalue weighted by Gasteiger charge is -2.28. The van der Waals surface area contributed by atoms with E-state index in [1.165, 1.54) is 0 Å². The molecule has 0 unspecified atom stereocenters. The molecule has 20 heavy (non-hydrogen) atoms. The molecule has 0 amide bonds. The number of hydrogen-bond donors (Lipinski definition) is 1. The average molecular weight is 333 g/mol. The molecule has 3 aromatic rings. The van der Waals surface area contributed by atoms with Crippen LogP contribution in [0.2, 0.25) is 0 Å². The number of nitrogens with zero attached hydrogens (tertiary/aromatic N) is 5. The van der Waals surface area contributed by atoms with Gasteiger partial charge in [-0.05, 0) is 18.2 Å². The quantitative estimate of drug-likeness (QED) is 0.730. The minimum absolute atomic E-state index is 0.821. The third-order valence-corrected chi connectivity index (χ3v) is 4.08. The third-order valence-electron chi connectivity index (χ3n) is 3.59. The summed E-state index contributed by atoms with van der Waals surface area (Å²) in [6.07, 6.45) is 1.75. The van der Waals surface area contributed by atoms with E-state index in [0.717, 1.165) is 53.2 Å². The normalized spacial score (nSPS) is 16.1. The van der Waals surface area contributed by atoms with Crippen LogP contribution in [0.1, 0.15) is 0 Å². The molecular weight excluding hydrogens is 320 g/mol. The fourth-order valence-electron chi connectivity index (χ4n) is 2.61. The van der Waals surface area contributed by atoms with Gasteiger partial charge < -0.3 is 10.2 Å². The van der Waals surface area contributed by atoms with Gasteiger partial charge in [0.2, 0.25) is 5.65 Å². The lowest BCUT2D eigenvalue weighted by molar-refractivity contribution is 0.586. The summed E-state index contributed by atoms with van der Waals surface area (Å²) in [7, 11) is 0. The van der Waals surface area contributed by atoms with Gasteiger partial charge in [0.25, 0.3) is 0 Å². The fourth-order valence-corrected chi connectivity index (χ4v) is 2.96. The first-order valence-electron chi connectivity index (χ1n) is 6.57. The Morgan fingerprint density at radius 2 is 2.05 bits per heavy atom. The average Bonchev–Trinajstić information content (AvgIpc) is 2.96. The Morgan fingerprint density at radius 1 is 1.20 bits per heavy atom. The predicted octanol–water partition coefficient (Wildman–Crippen LogP) is 1.45. The smallest absolute Gasteiger partial charge is 0.204 e. The summed E-state index contributed by atoms with van der Waals surface area (Å²) in [6, 6.07) is 6.07. The van der Waals surface area contributed by atoms with Crippen LogP contribution in [-0.4, -0.2) is 45.8 Å². The van der Waals surface area contributed by atoms with Gasteiger partial charge in [-0.15, -0.1) is 10.2 Å². The molecule has 2 aromatic heterocycles. The summed E-state index contributed by atoms with van der Waals surface area (Å²) in [6.45, 7) is 3.82. The van der Waals surface area contributed by atoms with Crippen molar-refractivity contribution in [1.29, 1.82) is 0 Å². The molecule has 1 aromatic carbocycles. The number of aromatic nitrogens is 4. The van der Waals surface area contributed by atoms with E-state index in [1.807, 2.05) is 22.6 Å². The van der Waals surface area contributed by atoms with Crippen molar-refractivity contribution in [3.8, 4) is 0 Å². The second kappa shape index (κ2) is 4.68. The summed E-state index contributed by atoms with van der Waals surface area (Å²) in [4.78, 5) is 7.07. The van der Waals surface area contributed by atoms with Crippen LogP contribution < -0.4 is 10.2 Å². The van der Waals surface area contributed by atoms with Crippen LogP contribution in [0, 0.1) is 0 Å². The van der Waals surface area contributed by atoms with E-state index >= 15 is 0 Å². The van der Waals surface area contributed by atoms with E-state index in [0.29, 0.717) is 0 Å². The molecule has 0 saturated carbocycles. The fraction of sp³-hybridized carbons (Fsp3) is 0.308. The molecule has 1 aliphatic heterocycles. The van der Waals surface area contributed by atoms with Gasteiger partial charge in [-0.25, -0.2) is 4.98 Å². The van der Waals surface area contributed by atoms with Crippen molar-refractivity contribution in [2.75, 3.05) is 31.1 Å². The first kappa shape index (κ1) is 12.0. The van der Waals surface area contributed by atoms with Crippen molar-refractivity contribution in [2.24, 2.45) is 0 Å². The lowest BCUT2D eigenvalue weighted by atomic mass is 10.3. The van der Waals surface area contributed by atoms with Crippen molar-refractivity contribution in [1.82, 2.24) is 24.9 Å². The second-order valence-electron chi connectivity index (χ2n) is 4.83. The number of benzene rings is 1. The number of halogens is 1. The second-order valence-corrected chi connectivity index (χ2v) is 5.75. The highest BCUT2D eigenvalue weighted by atomic mass is 79.9. The summed E-state index contributed by atoms with van der Waals surface area (Å²) in [5, 5.41) is 11.6. The minimum atomic E-state index is 0.821. The Balaban J connectivity index is 1.99. The maximum atomic E-state index is 4.80. The van der Waals surface area contributed by atoms with Crippen LogP contribution in [0.15, 0.2) is 29.0 Å². The Kier molecular flexibility index (Phi) is 2.82. The number of fused-ring (bicyclic) bond motifs is 3. The first-order valence-corrected chi connectivity index (χ1v) is 7.37. The van der Waals surface area contributed by atoms with Crippen LogP contribution in [0.25, 0.3) is 16.7 Å². The number of hydrogen-bond acceptors (Lipinski definition) is 5. The van der Waals surface area contributed by atoms with Crippen molar-refractivity contribution in [2.45, 2.75) is 0 Å². The Morgan fingerprint density at radius 3 is 2.90 bits per heavy atom. The zero-order valence-corrected chi connectivity index (χ0v) is 12.3. The van der Waals surface area contributed by atoms with E-state index in [-0.39, 0.29) is 0 Å². The number of piperazine rings is 1. The third kappa shape index (κ3) is 1.85. The molecule has 1 fully saturated rings. The van der Waals surface area contributed by atoms with E-state index < -0.39 is 0 Å². The van der Waals surface area contributed by atoms with Crippen LogP contribution in [-0.2, 0) is 0 Å². The van der Waals surface area contributed by atoms with Gasteiger partial charge in [0.05, 0.1) is 11.0 Å². The van der Waals surface area contributed by atoms with Gasteiger partial charge >= 0.3 is 0 Å². The van der Waals surface area contributed by atoms with Crippen molar-refractivity contribution in [3.05, 3.63) is 29.0 Å². The number of anilines is 1. The van der Waals surface area contributed by atoms with Gasteiger partial charge in [-0.2, -0.15) is 0 Å². The van der Waals surface area contributed by atoms with Gasteiger partial charge in [-0.1, -0.05) is 15.9 Å². The summed E-state index contributed by atoms with van der Waals surface area (Å²) in [5.74, 6) is 0.912. The van der Waals surface area contributed by atoms with E-state index in [4.69, 9.17) is 4.98 Å². The molecule has 6 nitrogen and oxygen atoms in total. The van der Waals surface area contributed by atoms with Crippen molar-refractivity contribution >= 4 is 38.4 Å². The summed E-state index contributed by atoms with van der Waals surface area (Å²) in [5.41, 5.74) is 2.79. The Bertz CT molecular complexity index is 777. The molecule has 0 bridgehead atoms. The van der Waals surface area contributed by atoms with Gasteiger partial charge in [0, 0.05) is 30.7 Å². The maximum absolute atomic E-state index is 4.80. The largest absolute Gasteiger partial charge is 0.351 e. The maximum Gasteiger partial charge on any atom is 0.204 e. The molecule has 1 N–H and O–H groups in total.